The first kappa shape index (κ1) is 45.8. The summed E-state index contributed by atoms with van der Waals surface area (Å²) in [5, 5.41) is 0. The molecule has 6 rings (SSSR count). The number of hydrogen-bond acceptors (Lipinski definition) is 0. The Morgan fingerprint density at radius 3 is 0.617 bits per heavy atom. The van der Waals surface area contributed by atoms with Gasteiger partial charge in [-0.05, 0) is 26.0 Å². The Labute approximate surface area is 333 Å². The summed E-state index contributed by atoms with van der Waals surface area (Å²) in [5.74, 6) is -71.4. The molecule has 0 atom stereocenters. The van der Waals surface area contributed by atoms with Crippen LogP contribution in [0.4, 0.5) is 87.8 Å². The van der Waals surface area contributed by atoms with Crippen molar-refractivity contribution in [3.8, 4) is 0 Å². The minimum atomic E-state index is -7.22. The molecule has 0 saturated heterocycles. The van der Waals surface area contributed by atoms with Crippen LogP contribution < -0.4 is 43.1 Å². The van der Waals surface area contributed by atoms with E-state index in [1.54, 1.807) is 0 Å². The Morgan fingerprint density at radius 2 is 0.433 bits per heavy atom. The van der Waals surface area contributed by atoms with Gasteiger partial charge in [-0.25, -0.2) is 87.8 Å². The van der Waals surface area contributed by atoms with Gasteiger partial charge in [0.15, 0.2) is 76.9 Å². The van der Waals surface area contributed by atoms with Crippen LogP contribution >= 0.6 is 0 Å². The average Bonchev–Trinajstić information content (AvgIpc) is 3.22. The summed E-state index contributed by atoms with van der Waals surface area (Å²) < 4.78 is 297. The predicted octanol–water partition coefficient (Wildman–Crippen LogP) is 6.28. The minimum absolute atomic E-state index is 0.0147. The van der Waals surface area contributed by atoms with Crippen molar-refractivity contribution in [2.24, 2.45) is 0 Å². The topological polar surface area (TPSA) is 0 Å². The molecule has 0 bridgehead atoms. The minimum Gasteiger partial charge on any atom is -0.207 e. The summed E-state index contributed by atoms with van der Waals surface area (Å²) in [6.07, 6.45) is -7.22. The third kappa shape index (κ3) is 7.12. The molecule has 6 aromatic rings. The van der Waals surface area contributed by atoms with Gasteiger partial charge in [-0.15, -0.1) is 21.9 Å². The molecule has 0 aromatic heterocycles. The highest BCUT2D eigenvalue weighted by atomic mass is 127. The van der Waals surface area contributed by atoms with Gasteiger partial charge in [0.1, 0.15) is 52.7 Å². The predicted molar refractivity (Wildman–Crippen MR) is 169 cm³/mol. The molecule has 0 fully saturated rings. The van der Waals surface area contributed by atoms with Gasteiger partial charge in [0.25, 0.3) is 0 Å². The third-order valence-electron chi connectivity index (χ3n) is 9.06. The molecule has 0 radical (unpaired) electrons. The van der Waals surface area contributed by atoms with E-state index in [0.717, 1.165) is 0 Å². The van der Waals surface area contributed by atoms with Crippen molar-refractivity contribution >= 4 is 28.0 Å². The lowest BCUT2D eigenvalue weighted by Crippen LogP contribution is -3.62. The van der Waals surface area contributed by atoms with Crippen LogP contribution in [0.5, 0.6) is 0 Å². The van der Waals surface area contributed by atoms with Gasteiger partial charge in [-0.2, -0.15) is 0 Å². The first-order valence-corrected chi connectivity index (χ1v) is 18.1. The van der Waals surface area contributed by atoms with E-state index in [0.29, 0.717) is 0 Å². The zero-order chi connectivity index (χ0) is 45.0. The van der Waals surface area contributed by atoms with E-state index in [1.165, 1.54) is 18.3 Å². The number of rotatable bonds is 6. The SMILES string of the molecule is Cc1ccccc1[I+]c1ccccc1C.Fc1c(F)c(F)c([B-](c2c(F)c(F)c(F)c(F)c2F)(c2c(F)c(F)c(F)c(F)c2F)c2c(F)c(F)c(F)c(F)c2F)c(F)c1F. The first-order valence-electron chi connectivity index (χ1n) is 16.0. The normalized spacial score (nSPS) is 11.6. The molecular weight excluding hydrogens is 974 g/mol. The maximum atomic E-state index is 15.4. The van der Waals surface area contributed by atoms with Crippen LogP contribution in [-0.2, 0) is 0 Å². The van der Waals surface area contributed by atoms with Gasteiger partial charge < -0.3 is 0 Å². The highest BCUT2D eigenvalue weighted by molar-refractivity contribution is 7.20. The van der Waals surface area contributed by atoms with Crippen molar-refractivity contribution in [3.63, 3.8) is 0 Å². The monoisotopic (exact) mass is 988 g/mol. The lowest BCUT2D eigenvalue weighted by molar-refractivity contribution is -0.598. The van der Waals surface area contributed by atoms with Gasteiger partial charge in [0.2, 0.25) is 0 Å². The molecule has 0 amide bonds. The van der Waals surface area contributed by atoms with E-state index in [4.69, 9.17) is 0 Å². The molecule has 0 heterocycles. The smallest absolute Gasteiger partial charge is 0.207 e. The average molecular weight is 988 g/mol. The van der Waals surface area contributed by atoms with Gasteiger partial charge in [0.05, 0.1) is 0 Å². The Hall–Kier alpha value is -5.29. The van der Waals surface area contributed by atoms with Crippen LogP contribution in [0.2, 0.25) is 0 Å². The van der Waals surface area contributed by atoms with Crippen LogP contribution in [0.3, 0.4) is 0 Å². The molecule has 316 valence electrons. The van der Waals surface area contributed by atoms with Crippen molar-refractivity contribution in [2.75, 3.05) is 0 Å². The van der Waals surface area contributed by atoms with E-state index in [9.17, 15) is 52.7 Å². The third-order valence-corrected chi connectivity index (χ3v) is 12.6. The largest absolute Gasteiger partial charge is 0.358 e. The van der Waals surface area contributed by atoms with Crippen molar-refractivity contribution < 1.29 is 109 Å². The molecule has 0 unspecified atom stereocenters. The Balaban J connectivity index is 0.000000379. The molecule has 6 aromatic carbocycles. The summed E-state index contributed by atoms with van der Waals surface area (Å²) in [6, 6.07) is 17.4. The van der Waals surface area contributed by atoms with Crippen LogP contribution in [0, 0.1) is 137 Å². The van der Waals surface area contributed by atoms with Crippen LogP contribution in [0.1, 0.15) is 11.1 Å². The second kappa shape index (κ2) is 17.0. The van der Waals surface area contributed by atoms with Gasteiger partial charge in [-0.1, -0.05) is 36.4 Å². The highest BCUT2D eigenvalue weighted by Gasteiger charge is 2.52. The van der Waals surface area contributed by atoms with E-state index >= 15 is 35.1 Å². The van der Waals surface area contributed by atoms with Crippen molar-refractivity contribution in [1.82, 2.24) is 0 Å². The summed E-state index contributed by atoms with van der Waals surface area (Å²) in [7, 11) is 0. The molecular formula is C38H14BF20I. The van der Waals surface area contributed by atoms with E-state index in [2.05, 4.69) is 62.4 Å². The van der Waals surface area contributed by atoms with Crippen LogP contribution in [-0.4, -0.2) is 6.15 Å². The molecule has 0 nitrogen and oxygen atoms in total. The molecule has 60 heavy (non-hydrogen) atoms. The first-order chi connectivity index (χ1) is 28.0. The quantitative estimate of drug-likeness (QED) is 0.0608. The Bertz CT molecular complexity index is 2290. The van der Waals surface area contributed by atoms with E-state index < -0.39 is 144 Å². The standard InChI is InChI=1S/C24BF20.C14H14I/c26-5-1(6(27)14(35)21(42)13(5)34)25(2-7(28)15(36)22(43)16(37)8(2)29,3-9(30)17(38)23(44)18(39)10(3)31)4-11(32)19(40)24(45)20(41)12(4)33;1-11-7-3-5-9-13(11)15-14-10-6-4-8-12(14)2/h;3-10H,1-2H3/q-1;+1. The fourth-order valence-electron chi connectivity index (χ4n) is 6.30. The highest BCUT2D eigenvalue weighted by Crippen LogP contribution is 2.30. The van der Waals surface area contributed by atoms with Crippen molar-refractivity contribution in [2.45, 2.75) is 13.8 Å². The number of benzene rings is 6. The molecule has 0 spiro atoms. The molecule has 0 aliphatic rings. The summed E-state index contributed by atoms with van der Waals surface area (Å²) in [4.78, 5) is 0. The zero-order valence-corrected chi connectivity index (χ0v) is 31.3. The number of halogens is 21. The Kier molecular flexibility index (Phi) is 13.0. The van der Waals surface area contributed by atoms with E-state index in [-0.39, 0.29) is 21.2 Å². The van der Waals surface area contributed by atoms with Crippen molar-refractivity contribution in [3.05, 3.63) is 183 Å². The fourth-order valence-corrected chi connectivity index (χ4v) is 8.91. The van der Waals surface area contributed by atoms with Crippen LogP contribution in [0.25, 0.3) is 0 Å². The van der Waals surface area contributed by atoms with Crippen molar-refractivity contribution in [1.29, 1.82) is 0 Å². The van der Waals surface area contributed by atoms with Crippen LogP contribution in [0.15, 0.2) is 48.5 Å². The summed E-state index contributed by atoms with van der Waals surface area (Å²) in [5.41, 5.74) is -11.5. The fraction of sp³-hybridized carbons (Fsp3) is 0.0526. The Morgan fingerprint density at radius 1 is 0.267 bits per heavy atom. The second-order valence-corrected chi connectivity index (χ2v) is 15.3. The lowest BCUT2D eigenvalue weighted by atomic mass is 9.12. The molecule has 0 saturated carbocycles. The lowest BCUT2D eigenvalue weighted by Gasteiger charge is -2.44. The number of hydrogen-bond donors (Lipinski definition) is 0. The maximum absolute atomic E-state index is 15.4. The summed E-state index contributed by atoms with van der Waals surface area (Å²) in [6.45, 7) is 4.40. The molecule has 22 heteroatoms. The zero-order valence-electron chi connectivity index (χ0n) is 29.1. The van der Waals surface area contributed by atoms with Gasteiger partial charge in [0, 0.05) is 11.1 Å². The number of aryl methyl sites for hydroxylation is 2. The molecule has 0 N–H and O–H groups in total. The van der Waals surface area contributed by atoms with E-state index in [1.807, 2.05) is 0 Å². The molecule has 0 aliphatic heterocycles. The second-order valence-electron chi connectivity index (χ2n) is 12.4. The maximum Gasteiger partial charge on any atom is 0.358 e. The van der Waals surface area contributed by atoms with Gasteiger partial charge in [-0.3, -0.25) is 0 Å². The molecule has 0 aliphatic carbocycles. The van der Waals surface area contributed by atoms with Gasteiger partial charge >= 0.3 is 21.2 Å². The summed E-state index contributed by atoms with van der Waals surface area (Å²) >= 11 is -0.0147.